The highest BCUT2D eigenvalue weighted by molar-refractivity contribution is 6.43. The van der Waals surface area contributed by atoms with Gasteiger partial charge in [-0.2, -0.15) is 5.10 Å². The summed E-state index contributed by atoms with van der Waals surface area (Å²) in [6, 6.07) is 16.9. The molecular weight excluding hydrogens is 354 g/mol. The maximum Gasteiger partial charge on any atom is 0.295 e. The first kappa shape index (κ1) is 19.4. The first-order valence-corrected chi connectivity index (χ1v) is 8.96. The van der Waals surface area contributed by atoms with E-state index in [0.717, 1.165) is 17.0 Å². The minimum absolute atomic E-state index is 0.333. The molecule has 0 spiro atoms. The zero-order valence-corrected chi connectivity index (χ0v) is 16.5. The first-order valence-electron chi connectivity index (χ1n) is 8.96. The van der Waals surface area contributed by atoms with Crippen LogP contribution in [0.1, 0.15) is 27.3 Å². The number of para-hydroxylation sites is 1. The fourth-order valence-corrected chi connectivity index (χ4v) is 3.15. The van der Waals surface area contributed by atoms with E-state index >= 15 is 0 Å². The van der Waals surface area contributed by atoms with Crippen molar-refractivity contribution in [1.29, 1.82) is 0 Å². The molecule has 0 aliphatic carbocycles. The lowest BCUT2D eigenvalue weighted by Gasteiger charge is -2.16. The standard InChI is InChI=1S/C22H23N3O3/c1-15-20(16(2)25(23-15)18-8-6-5-7-9-18)21(26)22(27)24(3)14-17-10-12-19(28-4)13-11-17/h5-13H,14H2,1-4H3. The van der Waals surface area contributed by atoms with Crippen molar-refractivity contribution in [2.45, 2.75) is 20.4 Å². The molecule has 0 saturated carbocycles. The lowest BCUT2D eigenvalue weighted by molar-refractivity contribution is -0.125. The van der Waals surface area contributed by atoms with Crippen molar-refractivity contribution in [1.82, 2.24) is 14.7 Å². The fourth-order valence-electron chi connectivity index (χ4n) is 3.15. The average Bonchev–Trinajstić information content (AvgIpc) is 3.02. The van der Waals surface area contributed by atoms with Crippen molar-refractivity contribution in [2.24, 2.45) is 0 Å². The van der Waals surface area contributed by atoms with E-state index in [2.05, 4.69) is 5.10 Å². The van der Waals surface area contributed by atoms with Crippen molar-refractivity contribution in [3.8, 4) is 11.4 Å². The van der Waals surface area contributed by atoms with E-state index in [4.69, 9.17) is 4.74 Å². The fraction of sp³-hybridized carbons (Fsp3) is 0.227. The van der Waals surface area contributed by atoms with Gasteiger partial charge in [-0.05, 0) is 43.7 Å². The van der Waals surface area contributed by atoms with Gasteiger partial charge in [-0.15, -0.1) is 0 Å². The molecule has 2 aromatic carbocycles. The third-order valence-corrected chi connectivity index (χ3v) is 4.64. The molecule has 144 valence electrons. The number of aromatic nitrogens is 2. The Balaban J connectivity index is 1.81. The average molecular weight is 377 g/mol. The zero-order valence-electron chi connectivity index (χ0n) is 16.5. The number of nitrogens with zero attached hydrogens (tertiary/aromatic N) is 3. The largest absolute Gasteiger partial charge is 0.497 e. The zero-order chi connectivity index (χ0) is 20.3. The highest BCUT2D eigenvalue weighted by Gasteiger charge is 2.27. The summed E-state index contributed by atoms with van der Waals surface area (Å²) in [4.78, 5) is 27.1. The predicted octanol–water partition coefficient (Wildman–Crippen LogP) is 3.34. The summed E-state index contributed by atoms with van der Waals surface area (Å²) >= 11 is 0. The lowest BCUT2D eigenvalue weighted by Crippen LogP contribution is -2.33. The summed E-state index contributed by atoms with van der Waals surface area (Å²) in [7, 11) is 3.22. The number of likely N-dealkylation sites (N-methyl/N-ethyl adjacent to an activating group) is 1. The number of Topliss-reactive ketones (excluding diaryl/α,β-unsaturated/α-hetero) is 1. The van der Waals surface area contributed by atoms with Gasteiger partial charge in [0.2, 0.25) is 0 Å². The summed E-state index contributed by atoms with van der Waals surface area (Å²) < 4.78 is 6.83. The van der Waals surface area contributed by atoms with Crippen molar-refractivity contribution in [3.63, 3.8) is 0 Å². The topological polar surface area (TPSA) is 64.4 Å². The Hall–Kier alpha value is -3.41. The third-order valence-electron chi connectivity index (χ3n) is 4.64. The molecule has 0 radical (unpaired) electrons. The van der Waals surface area contributed by atoms with Crippen LogP contribution in [0.3, 0.4) is 0 Å². The van der Waals surface area contributed by atoms with Crippen LogP contribution in [0.4, 0.5) is 0 Å². The lowest BCUT2D eigenvalue weighted by atomic mass is 10.1. The number of ether oxygens (including phenoxy) is 1. The number of methoxy groups -OCH3 is 1. The number of amides is 1. The van der Waals surface area contributed by atoms with Gasteiger partial charge in [0.05, 0.1) is 29.7 Å². The number of hydrogen-bond acceptors (Lipinski definition) is 4. The molecule has 6 heteroatoms. The summed E-state index contributed by atoms with van der Waals surface area (Å²) in [5.74, 6) is -0.365. The minimum Gasteiger partial charge on any atom is -0.497 e. The number of benzene rings is 2. The number of rotatable bonds is 6. The van der Waals surface area contributed by atoms with Gasteiger partial charge >= 0.3 is 0 Å². The Morgan fingerprint density at radius 3 is 2.29 bits per heavy atom. The van der Waals surface area contributed by atoms with Crippen LogP contribution in [0.5, 0.6) is 5.75 Å². The molecule has 0 atom stereocenters. The Bertz CT molecular complexity index is 992. The van der Waals surface area contributed by atoms with Gasteiger partial charge in [-0.3, -0.25) is 9.59 Å². The quantitative estimate of drug-likeness (QED) is 0.488. The van der Waals surface area contributed by atoms with Crippen LogP contribution in [-0.4, -0.2) is 40.5 Å². The molecular formula is C22H23N3O3. The van der Waals surface area contributed by atoms with Crippen LogP contribution in [0, 0.1) is 13.8 Å². The number of carbonyl (C=O) groups excluding carboxylic acids is 2. The van der Waals surface area contributed by atoms with Crippen LogP contribution in [-0.2, 0) is 11.3 Å². The highest BCUT2D eigenvalue weighted by atomic mass is 16.5. The smallest absolute Gasteiger partial charge is 0.295 e. The van der Waals surface area contributed by atoms with E-state index < -0.39 is 11.7 Å². The molecule has 0 N–H and O–H groups in total. The van der Waals surface area contributed by atoms with Crippen LogP contribution in [0.2, 0.25) is 0 Å². The van der Waals surface area contributed by atoms with E-state index in [-0.39, 0.29) is 0 Å². The van der Waals surface area contributed by atoms with E-state index in [1.54, 1.807) is 32.7 Å². The predicted molar refractivity (Wildman–Crippen MR) is 107 cm³/mol. The van der Waals surface area contributed by atoms with Gasteiger partial charge in [0.25, 0.3) is 11.7 Å². The number of aryl methyl sites for hydroxylation is 1. The Labute approximate surface area is 164 Å². The van der Waals surface area contributed by atoms with E-state index in [0.29, 0.717) is 23.5 Å². The Morgan fingerprint density at radius 2 is 1.68 bits per heavy atom. The molecule has 3 aromatic rings. The molecule has 6 nitrogen and oxygen atoms in total. The molecule has 0 fully saturated rings. The molecule has 0 aliphatic heterocycles. The molecule has 0 unspecified atom stereocenters. The Kier molecular flexibility index (Phi) is 5.59. The molecule has 0 saturated heterocycles. The maximum atomic E-state index is 12.9. The monoisotopic (exact) mass is 377 g/mol. The van der Waals surface area contributed by atoms with E-state index in [1.165, 1.54) is 4.90 Å². The number of ketones is 1. The van der Waals surface area contributed by atoms with Crippen LogP contribution < -0.4 is 4.74 Å². The second-order valence-corrected chi connectivity index (χ2v) is 6.63. The highest BCUT2D eigenvalue weighted by Crippen LogP contribution is 2.20. The number of hydrogen-bond donors (Lipinski definition) is 0. The molecule has 3 rings (SSSR count). The second-order valence-electron chi connectivity index (χ2n) is 6.63. The minimum atomic E-state index is -0.561. The van der Waals surface area contributed by atoms with Crippen LogP contribution >= 0.6 is 0 Å². The van der Waals surface area contributed by atoms with Gasteiger partial charge in [-0.25, -0.2) is 4.68 Å². The molecule has 1 aromatic heterocycles. The van der Waals surface area contributed by atoms with Crippen molar-refractivity contribution in [2.75, 3.05) is 14.2 Å². The van der Waals surface area contributed by atoms with Gasteiger partial charge in [-0.1, -0.05) is 30.3 Å². The number of carbonyl (C=O) groups is 2. The summed E-state index contributed by atoms with van der Waals surface area (Å²) in [6.45, 7) is 3.88. The second kappa shape index (κ2) is 8.08. The van der Waals surface area contributed by atoms with Crippen molar-refractivity contribution >= 4 is 11.7 Å². The molecule has 1 heterocycles. The summed E-state index contributed by atoms with van der Waals surface area (Å²) in [5, 5.41) is 4.46. The summed E-state index contributed by atoms with van der Waals surface area (Å²) in [5.41, 5.74) is 3.31. The van der Waals surface area contributed by atoms with E-state index in [1.807, 2.05) is 54.6 Å². The van der Waals surface area contributed by atoms with E-state index in [9.17, 15) is 9.59 Å². The normalized spacial score (nSPS) is 10.6. The molecule has 28 heavy (non-hydrogen) atoms. The summed E-state index contributed by atoms with van der Waals surface area (Å²) in [6.07, 6.45) is 0. The SMILES string of the molecule is COc1ccc(CN(C)C(=O)C(=O)c2c(C)nn(-c3ccccc3)c2C)cc1. The first-order chi connectivity index (χ1) is 13.4. The molecule has 0 aliphatic rings. The van der Waals surface area contributed by atoms with Crippen molar-refractivity contribution in [3.05, 3.63) is 77.1 Å². The van der Waals surface area contributed by atoms with Crippen LogP contribution in [0.15, 0.2) is 54.6 Å². The van der Waals surface area contributed by atoms with Gasteiger partial charge in [0, 0.05) is 13.6 Å². The maximum absolute atomic E-state index is 12.9. The molecule has 0 bridgehead atoms. The van der Waals surface area contributed by atoms with Gasteiger partial charge < -0.3 is 9.64 Å². The van der Waals surface area contributed by atoms with Gasteiger partial charge in [0.1, 0.15) is 5.75 Å². The molecule has 1 amide bonds. The van der Waals surface area contributed by atoms with Crippen LogP contribution in [0.25, 0.3) is 5.69 Å². The van der Waals surface area contributed by atoms with Crippen molar-refractivity contribution < 1.29 is 14.3 Å². The Morgan fingerprint density at radius 1 is 1.04 bits per heavy atom. The van der Waals surface area contributed by atoms with Gasteiger partial charge in [0.15, 0.2) is 0 Å². The third kappa shape index (κ3) is 3.81.